The molecular weight excluding hydrogens is 394 g/mol. The van der Waals surface area contributed by atoms with Crippen LogP contribution in [-0.4, -0.2) is 38.3 Å². The van der Waals surface area contributed by atoms with Crippen LogP contribution in [0.25, 0.3) is 0 Å². The lowest BCUT2D eigenvalue weighted by molar-refractivity contribution is -1.02. The second kappa shape index (κ2) is 9.72. The quantitative estimate of drug-likeness (QED) is 0.537. The van der Waals surface area contributed by atoms with Gasteiger partial charge >= 0.3 is 0 Å². The number of aromatic nitrogens is 1. The van der Waals surface area contributed by atoms with Crippen molar-refractivity contribution in [2.45, 2.75) is 13.1 Å². The van der Waals surface area contributed by atoms with Gasteiger partial charge in [0.2, 0.25) is 0 Å². The van der Waals surface area contributed by atoms with Gasteiger partial charge in [0.15, 0.2) is 5.13 Å². The van der Waals surface area contributed by atoms with Gasteiger partial charge in [-0.25, -0.2) is 4.98 Å². The van der Waals surface area contributed by atoms with E-state index in [1.807, 2.05) is 36.4 Å². The lowest BCUT2D eigenvalue weighted by Gasteiger charge is -2.29. The van der Waals surface area contributed by atoms with E-state index in [4.69, 9.17) is 15.0 Å². The molecule has 154 valence electrons. The standard InChI is InChI=1S/C23H25N5OS/c1-29-22-8-6-20(7-9-22)25-23-26-21(17-30-23)16-28-12-10-27(11-13-28)15-19-4-2-18(14-24)3-5-19/h2-9,17H,10-13,15-16H2,1H3,(H,25,26)/p+2. The van der Waals surface area contributed by atoms with Crippen molar-refractivity contribution in [3.05, 3.63) is 70.7 Å². The highest BCUT2D eigenvalue weighted by molar-refractivity contribution is 7.13. The molecule has 7 heteroatoms. The van der Waals surface area contributed by atoms with E-state index < -0.39 is 0 Å². The lowest BCUT2D eigenvalue weighted by Crippen LogP contribution is -3.27. The highest BCUT2D eigenvalue weighted by atomic mass is 32.1. The Balaban J connectivity index is 1.24. The number of benzene rings is 2. The first kappa shape index (κ1) is 20.4. The molecule has 0 unspecified atom stereocenters. The zero-order valence-corrected chi connectivity index (χ0v) is 18.0. The van der Waals surface area contributed by atoms with Crippen molar-refractivity contribution >= 4 is 22.2 Å². The third-order valence-corrected chi connectivity index (χ3v) is 6.33. The number of nitriles is 1. The van der Waals surface area contributed by atoms with Gasteiger partial charge in [-0.1, -0.05) is 12.1 Å². The van der Waals surface area contributed by atoms with Gasteiger partial charge in [-0.2, -0.15) is 5.26 Å². The number of nitrogens with zero attached hydrogens (tertiary/aromatic N) is 2. The lowest BCUT2D eigenvalue weighted by atomic mass is 10.1. The van der Waals surface area contributed by atoms with E-state index in [1.165, 1.54) is 5.56 Å². The maximum Gasteiger partial charge on any atom is 0.187 e. The monoisotopic (exact) mass is 421 g/mol. The number of rotatable bonds is 7. The van der Waals surface area contributed by atoms with Crippen molar-refractivity contribution in [2.75, 3.05) is 38.6 Å². The Morgan fingerprint density at radius 1 is 1.00 bits per heavy atom. The van der Waals surface area contributed by atoms with E-state index in [2.05, 4.69) is 28.9 Å². The van der Waals surface area contributed by atoms with Crippen LogP contribution in [-0.2, 0) is 13.1 Å². The van der Waals surface area contributed by atoms with Crippen molar-refractivity contribution in [3.63, 3.8) is 0 Å². The van der Waals surface area contributed by atoms with E-state index in [0.29, 0.717) is 0 Å². The molecule has 2 aromatic carbocycles. The molecule has 1 aliphatic rings. The SMILES string of the molecule is COc1ccc(Nc2nc(C[NH+]3CC[NH+](Cc4ccc(C#N)cc4)CC3)cs2)cc1. The number of methoxy groups -OCH3 is 1. The average molecular weight is 422 g/mol. The third kappa shape index (κ3) is 5.36. The zero-order valence-electron chi connectivity index (χ0n) is 17.1. The molecule has 0 bridgehead atoms. The first-order valence-corrected chi connectivity index (χ1v) is 11.1. The van der Waals surface area contributed by atoms with Crippen LogP contribution in [0, 0.1) is 11.3 Å². The van der Waals surface area contributed by atoms with E-state index in [0.717, 1.165) is 67.1 Å². The topological polar surface area (TPSA) is 66.8 Å². The van der Waals surface area contributed by atoms with Crippen LogP contribution < -0.4 is 19.9 Å². The Hall–Kier alpha value is -2.92. The van der Waals surface area contributed by atoms with Crippen LogP contribution >= 0.6 is 11.3 Å². The summed E-state index contributed by atoms with van der Waals surface area (Å²) in [7, 11) is 1.67. The minimum absolute atomic E-state index is 0.729. The molecule has 0 spiro atoms. The summed E-state index contributed by atoms with van der Waals surface area (Å²) in [4.78, 5) is 7.98. The molecule has 4 rings (SSSR count). The normalized spacial score (nSPS) is 18.5. The predicted molar refractivity (Wildman–Crippen MR) is 118 cm³/mol. The summed E-state index contributed by atoms with van der Waals surface area (Å²) in [5.74, 6) is 0.851. The molecule has 3 aromatic rings. The number of anilines is 2. The Morgan fingerprint density at radius 3 is 2.30 bits per heavy atom. The van der Waals surface area contributed by atoms with E-state index in [9.17, 15) is 0 Å². The molecule has 0 saturated carbocycles. The van der Waals surface area contributed by atoms with Gasteiger partial charge in [0.05, 0.1) is 18.7 Å². The van der Waals surface area contributed by atoms with Gasteiger partial charge in [0.1, 0.15) is 50.7 Å². The summed E-state index contributed by atoms with van der Waals surface area (Å²) < 4.78 is 5.20. The molecule has 0 aliphatic carbocycles. The summed E-state index contributed by atoms with van der Waals surface area (Å²) in [5, 5.41) is 15.4. The van der Waals surface area contributed by atoms with E-state index in [-0.39, 0.29) is 0 Å². The maximum atomic E-state index is 8.92. The van der Waals surface area contributed by atoms with Crippen molar-refractivity contribution in [3.8, 4) is 11.8 Å². The van der Waals surface area contributed by atoms with Gasteiger partial charge < -0.3 is 19.9 Å². The molecule has 1 fully saturated rings. The molecular formula is C23H27N5OS+2. The largest absolute Gasteiger partial charge is 0.497 e. The fourth-order valence-corrected chi connectivity index (χ4v) is 4.53. The van der Waals surface area contributed by atoms with Crippen LogP contribution in [0.2, 0.25) is 0 Å². The zero-order chi connectivity index (χ0) is 20.8. The molecule has 2 heterocycles. The second-order valence-electron chi connectivity index (χ2n) is 7.66. The fourth-order valence-electron chi connectivity index (χ4n) is 3.80. The van der Waals surface area contributed by atoms with E-state index in [1.54, 1.807) is 28.2 Å². The molecule has 30 heavy (non-hydrogen) atoms. The van der Waals surface area contributed by atoms with Crippen molar-refractivity contribution in [2.24, 2.45) is 0 Å². The molecule has 0 amide bonds. The van der Waals surface area contributed by atoms with Gasteiger partial charge in [-0.15, -0.1) is 11.3 Å². The number of nitrogens with one attached hydrogen (secondary N) is 3. The number of hydrogen-bond acceptors (Lipinski definition) is 5. The van der Waals surface area contributed by atoms with Gasteiger partial charge in [-0.05, 0) is 36.4 Å². The Morgan fingerprint density at radius 2 is 1.67 bits per heavy atom. The van der Waals surface area contributed by atoms with Gasteiger partial charge in [0, 0.05) is 16.6 Å². The minimum atomic E-state index is 0.729. The maximum absolute atomic E-state index is 8.92. The third-order valence-electron chi connectivity index (χ3n) is 5.53. The number of piperazine rings is 1. The first-order valence-electron chi connectivity index (χ1n) is 10.2. The van der Waals surface area contributed by atoms with Crippen LogP contribution in [0.5, 0.6) is 5.75 Å². The average Bonchev–Trinajstić information content (AvgIpc) is 3.23. The summed E-state index contributed by atoms with van der Waals surface area (Å²) in [6.45, 7) is 6.65. The van der Waals surface area contributed by atoms with Crippen LogP contribution in [0.15, 0.2) is 53.9 Å². The van der Waals surface area contributed by atoms with Crippen LogP contribution in [0.1, 0.15) is 16.8 Å². The molecule has 1 aromatic heterocycles. The first-order chi connectivity index (χ1) is 14.7. The van der Waals surface area contributed by atoms with Crippen molar-refractivity contribution in [1.82, 2.24) is 4.98 Å². The number of thiazole rings is 1. The Labute approximate surface area is 181 Å². The summed E-state index contributed by atoms with van der Waals surface area (Å²) in [6, 6.07) is 18.1. The second-order valence-corrected chi connectivity index (χ2v) is 8.52. The highest BCUT2D eigenvalue weighted by Crippen LogP contribution is 2.22. The predicted octanol–water partition coefficient (Wildman–Crippen LogP) is 1.25. The molecule has 6 nitrogen and oxygen atoms in total. The minimum Gasteiger partial charge on any atom is -0.497 e. The van der Waals surface area contributed by atoms with Crippen LogP contribution in [0.3, 0.4) is 0 Å². The van der Waals surface area contributed by atoms with E-state index >= 15 is 0 Å². The molecule has 3 N–H and O–H groups in total. The summed E-state index contributed by atoms with van der Waals surface area (Å²) in [5.41, 5.74) is 4.21. The van der Waals surface area contributed by atoms with Crippen molar-refractivity contribution in [1.29, 1.82) is 5.26 Å². The summed E-state index contributed by atoms with van der Waals surface area (Å²) >= 11 is 1.65. The number of hydrogen-bond donors (Lipinski definition) is 3. The highest BCUT2D eigenvalue weighted by Gasteiger charge is 2.23. The number of ether oxygens (including phenoxy) is 1. The Kier molecular flexibility index (Phi) is 6.60. The summed E-state index contributed by atoms with van der Waals surface area (Å²) in [6.07, 6.45) is 0. The van der Waals surface area contributed by atoms with Gasteiger partial charge in [-0.3, -0.25) is 0 Å². The molecule has 1 saturated heterocycles. The Bertz CT molecular complexity index is 986. The fraction of sp³-hybridized carbons (Fsp3) is 0.304. The molecule has 0 atom stereocenters. The van der Waals surface area contributed by atoms with Crippen molar-refractivity contribution < 1.29 is 14.5 Å². The smallest absolute Gasteiger partial charge is 0.187 e. The van der Waals surface area contributed by atoms with Gasteiger partial charge in [0.25, 0.3) is 0 Å². The van der Waals surface area contributed by atoms with Crippen LogP contribution in [0.4, 0.5) is 10.8 Å². The number of quaternary nitrogens is 2. The molecule has 1 aliphatic heterocycles. The molecule has 0 radical (unpaired) electrons.